The van der Waals surface area contributed by atoms with Crippen LogP contribution in [0.3, 0.4) is 0 Å². The molecule has 0 aliphatic carbocycles. The molecule has 3 rings (SSSR count). The summed E-state index contributed by atoms with van der Waals surface area (Å²) in [7, 11) is 0. The molecule has 1 heterocycles. The van der Waals surface area contributed by atoms with Crippen LogP contribution in [0.15, 0.2) is 42.5 Å². The first-order valence-corrected chi connectivity index (χ1v) is 6.29. The highest BCUT2D eigenvalue weighted by molar-refractivity contribution is 6.35. The van der Waals surface area contributed by atoms with Crippen LogP contribution in [0.2, 0.25) is 0 Å². The van der Waals surface area contributed by atoms with Gasteiger partial charge in [-0.05, 0) is 31.2 Å². The lowest BCUT2D eigenvalue weighted by molar-refractivity contribution is 0.0925. The van der Waals surface area contributed by atoms with Crippen LogP contribution in [-0.4, -0.2) is 17.6 Å². The third-order valence-corrected chi connectivity index (χ3v) is 3.38. The van der Waals surface area contributed by atoms with Crippen LogP contribution in [0.4, 0.5) is 10.1 Å². The van der Waals surface area contributed by atoms with Crippen LogP contribution in [0, 0.1) is 5.82 Å². The number of nitrogens with zero attached hydrogens (tertiary/aromatic N) is 1. The van der Waals surface area contributed by atoms with E-state index in [1.54, 1.807) is 12.1 Å². The summed E-state index contributed by atoms with van der Waals surface area (Å²) in [6.45, 7) is 1.26. The van der Waals surface area contributed by atoms with Crippen molar-refractivity contribution in [2.75, 3.05) is 4.90 Å². The van der Waals surface area contributed by atoms with Crippen LogP contribution in [0.25, 0.3) is 0 Å². The highest BCUT2D eigenvalue weighted by atomic mass is 19.1. The molecule has 0 radical (unpaired) electrons. The molecule has 5 heteroatoms. The molecule has 2 amide bonds. The van der Waals surface area contributed by atoms with Crippen LogP contribution in [-0.2, 0) is 0 Å². The van der Waals surface area contributed by atoms with E-state index in [-0.39, 0.29) is 22.4 Å². The summed E-state index contributed by atoms with van der Waals surface area (Å²) >= 11 is 0. The van der Waals surface area contributed by atoms with Crippen molar-refractivity contribution in [2.24, 2.45) is 0 Å². The quantitative estimate of drug-likeness (QED) is 0.629. The summed E-state index contributed by atoms with van der Waals surface area (Å²) in [6, 6.07) is 10.1. The Hall–Kier alpha value is -2.82. The zero-order valence-corrected chi connectivity index (χ0v) is 11.1. The van der Waals surface area contributed by atoms with E-state index in [2.05, 4.69) is 0 Å². The molecular weight excluding hydrogens is 273 g/mol. The monoisotopic (exact) mass is 283 g/mol. The van der Waals surface area contributed by atoms with E-state index in [0.717, 1.165) is 11.0 Å². The van der Waals surface area contributed by atoms with Gasteiger partial charge in [-0.15, -0.1) is 0 Å². The van der Waals surface area contributed by atoms with Crippen LogP contribution < -0.4 is 4.90 Å². The molecule has 0 saturated carbocycles. The maximum absolute atomic E-state index is 14.1. The summed E-state index contributed by atoms with van der Waals surface area (Å²) in [5, 5.41) is 0. The molecule has 0 spiro atoms. The number of rotatable bonds is 2. The molecule has 0 unspecified atom stereocenters. The summed E-state index contributed by atoms with van der Waals surface area (Å²) < 4.78 is 14.1. The molecule has 0 fully saturated rings. The zero-order chi connectivity index (χ0) is 15.1. The molecular formula is C16H10FNO3. The minimum absolute atomic E-state index is 0.00417. The summed E-state index contributed by atoms with van der Waals surface area (Å²) in [6.07, 6.45) is 0. The molecule has 2 aromatic rings. The lowest BCUT2D eigenvalue weighted by Gasteiger charge is -2.17. The largest absolute Gasteiger partial charge is 0.294 e. The summed E-state index contributed by atoms with van der Waals surface area (Å²) in [4.78, 5) is 37.1. The predicted octanol–water partition coefficient (Wildman–Crippen LogP) is 2.83. The summed E-state index contributed by atoms with van der Waals surface area (Å²) in [5.74, 6) is -2.44. The first-order valence-electron chi connectivity index (χ1n) is 6.29. The number of fused-ring (bicyclic) bond motifs is 1. The Morgan fingerprint density at radius 1 is 0.952 bits per heavy atom. The number of amides is 2. The van der Waals surface area contributed by atoms with Gasteiger partial charge in [0.2, 0.25) is 0 Å². The number of halogens is 1. The molecule has 104 valence electrons. The Morgan fingerprint density at radius 2 is 1.52 bits per heavy atom. The lowest BCUT2D eigenvalue weighted by Crippen LogP contribution is -2.31. The fourth-order valence-electron chi connectivity index (χ4n) is 2.42. The SMILES string of the molecule is CC(=O)c1cccc(F)c1N1C(=O)c2ccccc2C1=O. The van der Waals surface area contributed by atoms with E-state index in [1.807, 2.05) is 0 Å². The van der Waals surface area contributed by atoms with Crippen molar-refractivity contribution in [3.8, 4) is 0 Å². The van der Waals surface area contributed by atoms with Crippen molar-refractivity contribution in [3.05, 3.63) is 65.0 Å². The van der Waals surface area contributed by atoms with Gasteiger partial charge in [0.1, 0.15) is 5.82 Å². The molecule has 1 aliphatic heterocycles. The normalized spacial score (nSPS) is 13.5. The average Bonchev–Trinajstić information content (AvgIpc) is 2.72. The fourth-order valence-corrected chi connectivity index (χ4v) is 2.42. The molecule has 0 aromatic heterocycles. The van der Waals surface area contributed by atoms with E-state index < -0.39 is 23.4 Å². The third-order valence-electron chi connectivity index (χ3n) is 3.38. The molecule has 4 nitrogen and oxygen atoms in total. The number of carbonyl (C=O) groups excluding carboxylic acids is 3. The second-order valence-electron chi connectivity index (χ2n) is 4.68. The van der Waals surface area contributed by atoms with Gasteiger partial charge in [-0.1, -0.05) is 18.2 Å². The molecule has 0 bridgehead atoms. The Labute approximate surface area is 119 Å². The number of benzene rings is 2. The van der Waals surface area contributed by atoms with Crippen LogP contribution in [0.5, 0.6) is 0 Å². The summed E-state index contributed by atoms with van der Waals surface area (Å²) in [5.41, 5.74) is 0.140. The molecule has 0 N–H and O–H groups in total. The highest BCUT2D eigenvalue weighted by Crippen LogP contribution is 2.32. The zero-order valence-electron chi connectivity index (χ0n) is 11.1. The van der Waals surface area contributed by atoms with Gasteiger partial charge in [-0.25, -0.2) is 9.29 Å². The van der Waals surface area contributed by atoms with Gasteiger partial charge >= 0.3 is 0 Å². The molecule has 1 aliphatic rings. The highest BCUT2D eigenvalue weighted by Gasteiger charge is 2.39. The van der Waals surface area contributed by atoms with Gasteiger partial charge in [-0.3, -0.25) is 14.4 Å². The van der Waals surface area contributed by atoms with Crippen LogP contribution in [0.1, 0.15) is 38.0 Å². The maximum atomic E-state index is 14.1. The topological polar surface area (TPSA) is 54.5 Å². The number of hydrogen-bond donors (Lipinski definition) is 0. The standard InChI is InChI=1S/C16H10FNO3/c1-9(19)10-7-4-8-13(17)14(10)18-15(20)11-5-2-3-6-12(11)16(18)21/h2-8H,1H3. The van der Waals surface area contributed by atoms with Crippen molar-refractivity contribution in [2.45, 2.75) is 6.92 Å². The number of para-hydroxylation sites is 1. The maximum Gasteiger partial charge on any atom is 0.266 e. The Balaban J connectivity index is 2.23. The van der Waals surface area contributed by atoms with Crippen molar-refractivity contribution >= 4 is 23.3 Å². The predicted molar refractivity (Wildman–Crippen MR) is 74.0 cm³/mol. The third kappa shape index (κ3) is 1.86. The Bertz CT molecular complexity index is 763. The van der Waals surface area contributed by atoms with Gasteiger partial charge in [0.15, 0.2) is 5.78 Å². The number of imide groups is 1. The van der Waals surface area contributed by atoms with Gasteiger partial charge in [0, 0.05) is 5.56 Å². The van der Waals surface area contributed by atoms with Gasteiger partial charge in [0.25, 0.3) is 11.8 Å². The molecule has 2 aromatic carbocycles. The smallest absolute Gasteiger partial charge is 0.266 e. The van der Waals surface area contributed by atoms with E-state index >= 15 is 0 Å². The van der Waals surface area contributed by atoms with Gasteiger partial charge in [0.05, 0.1) is 16.8 Å². The minimum Gasteiger partial charge on any atom is -0.294 e. The number of hydrogen-bond acceptors (Lipinski definition) is 3. The molecule has 0 atom stereocenters. The van der Waals surface area contributed by atoms with Crippen molar-refractivity contribution in [3.63, 3.8) is 0 Å². The lowest BCUT2D eigenvalue weighted by atomic mass is 10.1. The second-order valence-corrected chi connectivity index (χ2v) is 4.68. The van der Waals surface area contributed by atoms with E-state index in [1.165, 1.54) is 31.2 Å². The average molecular weight is 283 g/mol. The van der Waals surface area contributed by atoms with Gasteiger partial charge < -0.3 is 0 Å². The first kappa shape index (κ1) is 13.2. The van der Waals surface area contributed by atoms with Crippen LogP contribution >= 0.6 is 0 Å². The number of Topliss-reactive ketones (excluding diaryl/α,β-unsaturated/α-hetero) is 1. The molecule has 21 heavy (non-hydrogen) atoms. The number of anilines is 1. The Kier molecular flexibility index (Phi) is 2.90. The second kappa shape index (κ2) is 4.63. The first-order chi connectivity index (χ1) is 10.0. The van der Waals surface area contributed by atoms with Crippen molar-refractivity contribution < 1.29 is 18.8 Å². The van der Waals surface area contributed by atoms with E-state index in [0.29, 0.717) is 0 Å². The van der Waals surface area contributed by atoms with Crippen molar-refractivity contribution in [1.82, 2.24) is 0 Å². The number of ketones is 1. The number of carbonyl (C=O) groups is 3. The molecule has 0 saturated heterocycles. The van der Waals surface area contributed by atoms with Gasteiger partial charge in [-0.2, -0.15) is 0 Å². The van der Waals surface area contributed by atoms with E-state index in [4.69, 9.17) is 0 Å². The fraction of sp³-hybridized carbons (Fsp3) is 0.0625. The van der Waals surface area contributed by atoms with E-state index in [9.17, 15) is 18.8 Å². The van der Waals surface area contributed by atoms with Crippen molar-refractivity contribution in [1.29, 1.82) is 0 Å². The Morgan fingerprint density at radius 3 is 2.05 bits per heavy atom. The minimum atomic E-state index is -0.780.